The molecule has 3 saturated heterocycles. The molecule has 3 aliphatic rings. The summed E-state index contributed by atoms with van der Waals surface area (Å²) < 4.78 is 16.7. The molecule has 2 bridgehead atoms. The first-order valence-corrected chi connectivity index (χ1v) is 8.96. The lowest BCUT2D eigenvalue weighted by molar-refractivity contribution is 0.0121. The predicted molar refractivity (Wildman–Crippen MR) is 54.1 cm³/mol. The first kappa shape index (κ1) is 9.35. The molecule has 0 saturated carbocycles. The van der Waals surface area contributed by atoms with Crippen molar-refractivity contribution in [3.05, 3.63) is 0 Å². The molecule has 70 valence electrons. The Balaban J connectivity index is 2.06. The molecule has 0 spiro atoms. The Kier molecular flexibility index (Phi) is 3.03. The summed E-state index contributed by atoms with van der Waals surface area (Å²) in [7, 11) is 0. The second-order valence-electron chi connectivity index (χ2n) is 2.87. The molecule has 0 aliphatic carbocycles. The second-order valence-corrected chi connectivity index (χ2v) is 8.66. The Labute approximate surface area is 85.7 Å². The lowest BCUT2D eigenvalue weighted by atomic mass is 10.4. The van der Waals surface area contributed by atoms with Gasteiger partial charge in [0, 0.05) is 19.6 Å². The third-order valence-corrected chi connectivity index (χ3v) is 6.50. The van der Waals surface area contributed by atoms with Crippen LogP contribution < -0.4 is 0 Å². The molecular weight excluding hydrogens is 289 g/mol. The van der Waals surface area contributed by atoms with E-state index in [1.165, 1.54) is 0 Å². The summed E-state index contributed by atoms with van der Waals surface area (Å²) in [5.74, 6) is 0. The lowest BCUT2D eigenvalue weighted by Crippen LogP contribution is -2.51. The van der Waals surface area contributed by atoms with Crippen molar-refractivity contribution >= 4 is 28.1 Å². The van der Waals surface area contributed by atoms with Crippen molar-refractivity contribution in [2.75, 3.05) is 39.5 Å². The van der Waals surface area contributed by atoms with Gasteiger partial charge in [0.05, 0.1) is 19.8 Å². The first-order chi connectivity index (χ1) is 5.79. The highest BCUT2D eigenvalue weighted by atomic mass is 127. The maximum atomic E-state index is 5.58. The quantitative estimate of drug-likeness (QED) is 0.364. The predicted octanol–water partition coefficient (Wildman–Crippen LogP) is 0.236. The highest BCUT2D eigenvalue weighted by Crippen LogP contribution is 2.21. The van der Waals surface area contributed by atoms with Gasteiger partial charge in [-0.2, -0.15) is 0 Å². The molecule has 0 unspecified atom stereocenters. The van der Waals surface area contributed by atoms with Crippen molar-refractivity contribution in [3.8, 4) is 0 Å². The van der Waals surface area contributed by atoms with Crippen LogP contribution in [0.1, 0.15) is 0 Å². The number of rotatable bonds is 0. The molecule has 3 rings (SSSR count). The molecule has 3 fully saturated rings. The van der Waals surface area contributed by atoms with Crippen LogP contribution in [0.2, 0.25) is 0 Å². The third kappa shape index (κ3) is 2.18. The van der Waals surface area contributed by atoms with Gasteiger partial charge >= 0.3 is 6.30 Å². The average molecular weight is 301 g/mol. The van der Waals surface area contributed by atoms with E-state index in [4.69, 9.17) is 13.3 Å². The zero-order valence-corrected chi connectivity index (χ0v) is 9.95. The minimum atomic E-state index is -2.24. The fraction of sp³-hybridized carbons (Fsp3) is 1.00. The second kappa shape index (κ2) is 3.89. The van der Waals surface area contributed by atoms with Crippen molar-refractivity contribution in [2.45, 2.75) is 0 Å². The van der Waals surface area contributed by atoms with Crippen LogP contribution in [0.5, 0.6) is 0 Å². The van der Waals surface area contributed by atoms with Gasteiger partial charge < -0.3 is 13.3 Å². The molecule has 0 aromatic heterocycles. The molecule has 0 aromatic rings. The molecule has 0 atom stereocenters. The fourth-order valence-electron chi connectivity index (χ4n) is 1.35. The summed E-state index contributed by atoms with van der Waals surface area (Å²) in [5, 5.41) is 0. The summed E-state index contributed by atoms with van der Waals surface area (Å²) in [6, 6.07) is 0. The normalized spacial score (nSPS) is 43.2. The van der Waals surface area contributed by atoms with Crippen LogP contribution >= 0.6 is 21.8 Å². The summed E-state index contributed by atoms with van der Waals surface area (Å²) in [6.07, 6.45) is -2.24. The van der Waals surface area contributed by atoms with E-state index in [-0.39, 0.29) is 0 Å². The van der Waals surface area contributed by atoms with E-state index in [1.807, 2.05) is 0 Å². The molecular formula is C6H12INO3Si. The zero-order chi connectivity index (χ0) is 8.44. The van der Waals surface area contributed by atoms with Gasteiger partial charge in [0.15, 0.2) is 0 Å². The van der Waals surface area contributed by atoms with E-state index in [1.54, 1.807) is 0 Å². The van der Waals surface area contributed by atoms with Crippen LogP contribution in [0.15, 0.2) is 0 Å². The fourth-order valence-corrected chi connectivity index (χ4v) is 4.59. The highest BCUT2D eigenvalue weighted by Gasteiger charge is 2.41. The molecule has 0 radical (unpaired) electrons. The largest absolute Gasteiger partial charge is 0.572 e. The summed E-state index contributed by atoms with van der Waals surface area (Å²) in [6.45, 7) is 5.29. The number of nitrogens with zero attached hydrogens (tertiary/aromatic N) is 1. The molecule has 4 nitrogen and oxygen atoms in total. The Morgan fingerprint density at radius 2 is 1.33 bits per heavy atom. The van der Waals surface area contributed by atoms with E-state index in [9.17, 15) is 0 Å². The van der Waals surface area contributed by atoms with Gasteiger partial charge in [-0.3, -0.25) is 4.90 Å². The molecule has 6 heteroatoms. The maximum Gasteiger partial charge on any atom is 0.572 e. The minimum absolute atomic E-state index is 0.745. The van der Waals surface area contributed by atoms with Crippen LogP contribution in [0.4, 0.5) is 0 Å². The monoisotopic (exact) mass is 301 g/mol. The van der Waals surface area contributed by atoms with Gasteiger partial charge in [0.2, 0.25) is 0 Å². The molecule has 0 amide bonds. The molecule has 0 aromatic carbocycles. The van der Waals surface area contributed by atoms with E-state index < -0.39 is 6.30 Å². The average Bonchev–Trinajstić information content (AvgIpc) is 1.93. The molecule has 12 heavy (non-hydrogen) atoms. The van der Waals surface area contributed by atoms with Crippen molar-refractivity contribution in [3.63, 3.8) is 0 Å². The maximum absolute atomic E-state index is 5.58. The van der Waals surface area contributed by atoms with Gasteiger partial charge in [-0.1, -0.05) is 0 Å². The van der Waals surface area contributed by atoms with Crippen molar-refractivity contribution in [1.82, 2.24) is 4.90 Å². The third-order valence-electron chi connectivity index (χ3n) is 2.05. The van der Waals surface area contributed by atoms with Crippen LogP contribution in [0.3, 0.4) is 0 Å². The van der Waals surface area contributed by atoms with E-state index >= 15 is 0 Å². The molecule has 3 aliphatic heterocycles. The van der Waals surface area contributed by atoms with E-state index in [0.717, 1.165) is 39.5 Å². The number of hydrogen-bond acceptors (Lipinski definition) is 4. The lowest BCUT2D eigenvalue weighted by Gasteiger charge is -2.34. The van der Waals surface area contributed by atoms with Crippen LogP contribution in [0.25, 0.3) is 0 Å². The van der Waals surface area contributed by atoms with E-state index in [2.05, 4.69) is 26.7 Å². The van der Waals surface area contributed by atoms with Gasteiger partial charge in [0.25, 0.3) is 0 Å². The summed E-state index contributed by atoms with van der Waals surface area (Å²) >= 11 is 2.21. The molecule has 0 N–H and O–H groups in total. The van der Waals surface area contributed by atoms with Crippen LogP contribution in [0, 0.1) is 0 Å². The van der Waals surface area contributed by atoms with Gasteiger partial charge in [-0.25, -0.2) is 0 Å². The van der Waals surface area contributed by atoms with E-state index in [0.29, 0.717) is 0 Å². The Hall–Kier alpha value is 0.787. The van der Waals surface area contributed by atoms with Crippen LogP contribution in [-0.2, 0) is 13.3 Å². The number of fused-ring (bicyclic) bond motifs is 6. The van der Waals surface area contributed by atoms with Crippen LogP contribution in [-0.4, -0.2) is 50.7 Å². The number of hydrogen-bond donors (Lipinski definition) is 0. The van der Waals surface area contributed by atoms with Gasteiger partial charge in [0.1, 0.15) is 0 Å². The standard InChI is InChI=1S/C6H12INO3Si/c7-12-9-4-1-8(2-5-10-12)3-6-11-12/h1-6H2. The van der Waals surface area contributed by atoms with Gasteiger partial charge in [-0.05, 0) is 21.8 Å². The Bertz CT molecular complexity index is 144. The minimum Gasteiger partial charge on any atom is -0.365 e. The summed E-state index contributed by atoms with van der Waals surface area (Å²) in [5.41, 5.74) is 0. The smallest absolute Gasteiger partial charge is 0.365 e. The van der Waals surface area contributed by atoms with Crippen molar-refractivity contribution in [1.29, 1.82) is 0 Å². The van der Waals surface area contributed by atoms with Crippen molar-refractivity contribution < 1.29 is 13.3 Å². The molecule has 3 heterocycles. The Morgan fingerprint density at radius 3 is 1.75 bits per heavy atom. The SMILES string of the molecule is I[Si]12OCCN(CCO1)CCO2. The first-order valence-electron chi connectivity index (χ1n) is 4.12. The van der Waals surface area contributed by atoms with Crippen molar-refractivity contribution in [2.24, 2.45) is 0 Å². The highest BCUT2D eigenvalue weighted by molar-refractivity contribution is 14.1. The number of halogens is 1. The summed E-state index contributed by atoms with van der Waals surface area (Å²) in [4.78, 5) is 2.31. The zero-order valence-electron chi connectivity index (χ0n) is 6.79. The Morgan fingerprint density at radius 1 is 0.917 bits per heavy atom. The topological polar surface area (TPSA) is 30.9 Å². The van der Waals surface area contributed by atoms with Gasteiger partial charge in [-0.15, -0.1) is 0 Å².